The van der Waals surface area contributed by atoms with Gasteiger partial charge in [0.05, 0.1) is 36.1 Å². The first-order valence-electron chi connectivity index (χ1n) is 11.8. The molecule has 0 bridgehead atoms. The van der Waals surface area contributed by atoms with Crippen molar-refractivity contribution in [2.75, 3.05) is 19.5 Å². The summed E-state index contributed by atoms with van der Waals surface area (Å²) >= 11 is 1.22. The quantitative estimate of drug-likeness (QED) is 0.399. The lowest BCUT2D eigenvalue weighted by Crippen LogP contribution is -2.40. The molecule has 0 aliphatic carbocycles. The highest BCUT2D eigenvalue weighted by Crippen LogP contribution is 2.32. The normalized spacial score (nSPS) is 15.0. The van der Waals surface area contributed by atoms with E-state index in [2.05, 4.69) is 10.3 Å². The molecule has 38 heavy (non-hydrogen) atoms. The van der Waals surface area contributed by atoms with Crippen LogP contribution in [0.1, 0.15) is 24.1 Å². The maximum Gasteiger partial charge on any atom is 0.271 e. The molecule has 1 amide bonds. The van der Waals surface area contributed by atoms with Gasteiger partial charge in [0.1, 0.15) is 5.75 Å². The van der Waals surface area contributed by atoms with Crippen molar-refractivity contribution in [3.63, 3.8) is 0 Å². The van der Waals surface area contributed by atoms with Gasteiger partial charge in [-0.15, -0.1) is 0 Å². The molecular weight excluding hydrogens is 502 g/mol. The van der Waals surface area contributed by atoms with Gasteiger partial charge >= 0.3 is 0 Å². The summed E-state index contributed by atoms with van der Waals surface area (Å²) < 4.78 is 12.5. The van der Waals surface area contributed by atoms with Crippen LogP contribution in [-0.2, 0) is 4.79 Å². The van der Waals surface area contributed by atoms with Gasteiger partial charge in [-0.2, -0.15) is 0 Å². The molecule has 1 aliphatic rings. The Bertz CT molecular complexity index is 1740. The Hall–Kier alpha value is -4.63. The maximum absolute atomic E-state index is 13.8. The van der Waals surface area contributed by atoms with E-state index in [1.165, 1.54) is 24.5 Å². The summed E-state index contributed by atoms with van der Waals surface area (Å²) in [4.78, 5) is 32.5. The summed E-state index contributed by atoms with van der Waals surface area (Å²) in [7, 11) is 3.04. The molecule has 8 nitrogen and oxygen atoms in total. The fourth-order valence-electron chi connectivity index (χ4n) is 4.41. The lowest BCUT2D eigenvalue weighted by atomic mass is 9.95. The fourth-order valence-corrected chi connectivity index (χ4v) is 5.45. The largest absolute Gasteiger partial charge is 0.504 e. The van der Waals surface area contributed by atoms with Crippen LogP contribution >= 0.6 is 11.3 Å². The summed E-state index contributed by atoms with van der Waals surface area (Å²) in [6.07, 6.45) is 1.69. The van der Waals surface area contributed by atoms with Gasteiger partial charge < -0.3 is 19.9 Å². The van der Waals surface area contributed by atoms with Gasteiger partial charge in [0, 0.05) is 5.69 Å². The number of thiazole rings is 1. The Balaban J connectivity index is 1.67. The minimum atomic E-state index is -0.725. The van der Waals surface area contributed by atoms with E-state index in [-0.39, 0.29) is 17.2 Å². The molecule has 192 valence electrons. The van der Waals surface area contributed by atoms with Gasteiger partial charge in [0.2, 0.25) is 0 Å². The topological polar surface area (TPSA) is 102 Å². The molecule has 3 aromatic carbocycles. The molecule has 1 atom stereocenters. The van der Waals surface area contributed by atoms with Crippen LogP contribution in [0.3, 0.4) is 0 Å². The van der Waals surface area contributed by atoms with Crippen LogP contribution in [0.15, 0.2) is 93.9 Å². The molecule has 1 aromatic heterocycles. The molecule has 2 heterocycles. The van der Waals surface area contributed by atoms with Gasteiger partial charge in [0.15, 0.2) is 16.3 Å². The van der Waals surface area contributed by atoms with Crippen molar-refractivity contribution in [2.45, 2.75) is 13.0 Å². The summed E-state index contributed by atoms with van der Waals surface area (Å²) in [6.45, 7) is 1.77. The predicted octanol–water partition coefficient (Wildman–Crippen LogP) is 3.60. The number of allylic oxidation sites excluding steroid dienone is 1. The smallest absolute Gasteiger partial charge is 0.271 e. The van der Waals surface area contributed by atoms with Crippen molar-refractivity contribution in [3.05, 3.63) is 115 Å². The number of nitrogens with one attached hydrogen (secondary N) is 1. The van der Waals surface area contributed by atoms with Crippen molar-refractivity contribution in [1.29, 1.82) is 0 Å². The highest BCUT2D eigenvalue weighted by atomic mass is 32.1. The third-order valence-electron chi connectivity index (χ3n) is 6.21. The number of benzene rings is 3. The number of amides is 1. The number of fused-ring (bicyclic) bond motifs is 1. The summed E-state index contributed by atoms with van der Waals surface area (Å²) in [5.74, 6) is 0.570. The minimum absolute atomic E-state index is 0.0287. The van der Waals surface area contributed by atoms with Crippen molar-refractivity contribution in [2.24, 2.45) is 4.99 Å². The van der Waals surface area contributed by atoms with E-state index < -0.39 is 6.04 Å². The van der Waals surface area contributed by atoms with Crippen LogP contribution in [0.5, 0.6) is 17.2 Å². The SMILES string of the molecule is COc1cccc([C@H]2C(C(=O)Nc3ccccc3)=C(C)N=c3s/c(=C\c4ccc(OC)c(O)c4)c(=O)n32)c1. The maximum atomic E-state index is 13.8. The summed E-state index contributed by atoms with van der Waals surface area (Å²) in [6, 6.07) is 20.6. The Morgan fingerprint density at radius 1 is 1.05 bits per heavy atom. The molecule has 0 radical (unpaired) electrons. The van der Waals surface area contributed by atoms with E-state index in [1.54, 1.807) is 48.9 Å². The lowest BCUT2D eigenvalue weighted by Gasteiger charge is -2.25. The molecule has 0 saturated heterocycles. The number of hydrogen-bond donors (Lipinski definition) is 2. The molecule has 0 fully saturated rings. The van der Waals surface area contributed by atoms with Gasteiger partial charge in [-0.3, -0.25) is 14.2 Å². The number of rotatable bonds is 6. The van der Waals surface area contributed by atoms with Gasteiger partial charge in [-0.1, -0.05) is 47.7 Å². The van der Waals surface area contributed by atoms with Crippen molar-refractivity contribution >= 4 is 29.0 Å². The number of carbonyl (C=O) groups is 1. The first-order chi connectivity index (χ1) is 18.4. The molecule has 0 unspecified atom stereocenters. The summed E-state index contributed by atoms with van der Waals surface area (Å²) in [5.41, 5.74) is 2.56. The van der Waals surface area contributed by atoms with Crippen molar-refractivity contribution in [1.82, 2.24) is 4.57 Å². The minimum Gasteiger partial charge on any atom is -0.504 e. The average Bonchev–Trinajstić information content (AvgIpc) is 3.22. The number of phenolic OH excluding ortho intramolecular Hbond substituents is 1. The van der Waals surface area contributed by atoms with Crippen LogP contribution in [0.4, 0.5) is 5.69 Å². The Morgan fingerprint density at radius 2 is 1.84 bits per heavy atom. The summed E-state index contributed by atoms with van der Waals surface area (Å²) in [5, 5.41) is 13.1. The molecular formula is C29H25N3O5S. The zero-order valence-electron chi connectivity index (χ0n) is 21.0. The van der Waals surface area contributed by atoms with Gasteiger partial charge in [-0.25, -0.2) is 4.99 Å². The van der Waals surface area contributed by atoms with Crippen LogP contribution in [0.2, 0.25) is 0 Å². The third kappa shape index (κ3) is 4.71. The number of methoxy groups -OCH3 is 2. The monoisotopic (exact) mass is 527 g/mol. The van der Waals surface area contributed by atoms with Crippen molar-refractivity contribution < 1.29 is 19.4 Å². The Labute approximate surface area is 222 Å². The first-order valence-corrected chi connectivity index (χ1v) is 12.6. The molecule has 5 rings (SSSR count). The number of hydrogen-bond acceptors (Lipinski definition) is 7. The van der Waals surface area contributed by atoms with Gasteiger partial charge in [-0.05, 0) is 60.5 Å². The van der Waals surface area contributed by atoms with Crippen LogP contribution < -0.4 is 29.7 Å². The zero-order valence-corrected chi connectivity index (χ0v) is 21.8. The number of nitrogens with zero attached hydrogens (tertiary/aromatic N) is 2. The van der Waals surface area contributed by atoms with Crippen LogP contribution in [-0.4, -0.2) is 29.8 Å². The number of carbonyl (C=O) groups excluding carboxylic acids is 1. The Kier molecular flexibility index (Phi) is 6.85. The third-order valence-corrected chi connectivity index (χ3v) is 7.19. The van der Waals surface area contributed by atoms with E-state index in [4.69, 9.17) is 9.47 Å². The van der Waals surface area contributed by atoms with E-state index >= 15 is 0 Å². The van der Waals surface area contributed by atoms with Crippen molar-refractivity contribution in [3.8, 4) is 17.2 Å². The Morgan fingerprint density at radius 3 is 2.55 bits per heavy atom. The fraction of sp³-hybridized carbons (Fsp3) is 0.138. The molecule has 2 N–H and O–H groups in total. The number of phenols is 1. The van der Waals surface area contributed by atoms with Crippen LogP contribution in [0, 0.1) is 0 Å². The zero-order chi connectivity index (χ0) is 26.8. The number of aromatic nitrogens is 1. The van der Waals surface area contributed by atoms with E-state index in [1.807, 2.05) is 42.5 Å². The number of para-hydroxylation sites is 1. The molecule has 9 heteroatoms. The molecule has 0 spiro atoms. The van der Waals surface area contributed by atoms with E-state index in [0.717, 1.165) is 0 Å². The number of anilines is 1. The highest BCUT2D eigenvalue weighted by Gasteiger charge is 2.32. The number of ether oxygens (including phenoxy) is 2. The van der Waals surface area contributed by atoms with Crippen LogP contribution in [0.25, 0.3) is 6.08 Å². The highest BCUT2D eigenvalue weighted by molar-refractivity contribution is 7.07. The second-order valence-electron chi connectivity index (χ2n) is 8.61. The second-order valence-corrected chi connectivity index (χ2v) is 9.62. The number of aromatic hydroxyl groups is 1. The average molecular weight is 528 g/mol. The van der Waals surface area contributed by atoms with E-state index in [0.29, 0.717) is 48.9 Å². The molecule has 4 aromatic rings. The molecule has 1 aliphatic heterocycles. The standard InChI is InChI=1S/C29H25N3O5S/c1-17-25(27(34)31-20-9-5-4-6-10-20)26(19-8-7-11-21(16-19)36-2)32-28(35)24(38-29(32)30-17)15-18-12-13-23(37-3)22(33)14-18/h4-16,26,33H,1-3H3,(H,31,34)/b24-15-/t26-/m0/s1. The van der Waals surface area contributed by atoms with Gasteiger partial charge in [0.25, 0.3) is 11.5 Å². The second kappa shape index (κ2) is 10.4. The molecule has 0 saturated carbocycles. The predicted molar refractivity (Wildman–Crippen MR) is 146 cm³/mol. The lowest BCUT2D eigenvalue weighted by molar-refractivity contribution is -0.113. The first kappa shape index (κ1) is 25.0. The van der Waals surface area contributed by atoms with E-state index in [9.17, 15) is 14.7 Å².